The summed E-state index contributed by atoms with van der Waals surface area (Å²) in [6.45, 7) is -1.33. The first-order valence-electron chi connectivity index (χ1n) is 3.27. The van der Waals surface area contributed by atoms with Crippen molar-refractivity contribution in [2.45, 2.75) is 19.0 Å². The first kappa shape index (κ1) is 11.6. The van der Waals surface area contributed by atoms with Gasteiger partial charge < -0.3 is 4.74 Å². The highest BCUT2D eigenvalue weighted by atomic mass is 35.5. The summed E-state index contributed by atoms with van der Waals surface area (Å²) in [5, 5.41) is 6.96. The molecule has 0 saturated heterocycles. The van der Waals surface area contributed by atoms with Crippen LogP contribution in [0.4, 0.5) is 13.2 Å². The number of alkyl halides is 3. The Morgan fingerprint density at radius 1 is 1.42 bits per heavy atom. The standard InChI is InChI=1S/C6H8F3NO.ClH/c7-6(8,9)3-11-5(10)4-1-2-4;/h4,10H,1-3H2;1H. The summed E-state index contributed by atoms with van der Waals surface area (Å²) < 4.78 is 38.6. The molecule has 0 aliphatic heterocycles. The van der Waals surface area contributed by atoms with Crippen LogP contribution in [0.2, 0.25) is 0 Å². The third kappa shape index (κ3) is 4.43. The fraction of sp³-hybridized carbons (Fsp3) is 0.833. The van der Waals surface area contributed by atoms with E-state index in [1.165, 1.54) is 0 Å². The zero-order chi connectivity index (χ0) is 8.48. The molecule has 0 atom stereocenters. The minimum absolute atomic E-state index is 0. The average Bonchev–Trinajstić information content (AvgIpc) is 2.61. The van der Waals surface area contributed by atoms with Crippen molar-refractivity contribution in [2.75, 3.05) is 6.61 Å². The van der Waals surface area contributed by atoms with Crippen molar-refractivity contribution in [3.8, 4) is 0 Å². The maximum atomic E-state index is 11.5. The van der Waals surface area contributed by atoms with Crippen molar-refractivity contribution < 1.29 is 17.9 Å². The Balaban J connectivity index is 0.00000121. The van der Waals surface area contributed by atoms with E-state index in [2.05, 4.69) is 4.74 Å². The lowest BCUT2D eigenvalue weighted by molar-refractivity contribution is -0.156. The zero-order valence-corrected chi connectivity index (χ0v) is 6.97. The van der Waals surface area contributed by atoms with E-state index in [4.69, 9.17) is 5.41 Å². The molecule has 0 radical (unpaired) electrons. The van der Waals surface area contributed by atoms with Crippen molar-refractivity contribution in [1.82, 2.24) is 0 Å². The Labute approximate surface area is 74.0 Å². The molecule has 1 rings (SSSR count). The topological polar surface area (TPSA) is 33.1 Å². The Morgan fingerprint density at radius 2 is 1.92 bits per heavy atom. The van der Waals surface area contributed by atoms with Crippen LogP contribution in [0, 0.1) is 11.3 Å². The van der Waals surface area contributed by atoms with E-state index >= 15 is 0 Å². The van der Waals surface area contributed by atoms with Gasteiger partial charge in [0.15, 0.2) is 12.5 Å². The van der Waals surface area contributed by atoms with Gasteiger partial charge >= 0.3 is 6.18 Å². The van der Waals surface area contributed by atoms with Crippen LogP contribution in [0.25, 0.3) is 0 Å². The van der Waals surface area contributed by atoms with Crippen molar-refractivity contribution in [2.24, 2.45) is 5.92 Å². The molecule has 72 valence electrons. The van der Waals surface area contributed by atoms with Crippen molar-refractivity contribution >= 4 is 18.3 Å². The predicted octanol–water partition coefficient (Wildman–Crippen LogP) is 2.37. The van der Waals surface area contributed by atoms with E-state index in [9.17, 15) is 13.2 Å². The third-order valence-corrected chi connectivity index (χ3v) is 1.34. The molecule has 2 nitrogen and oxygen atoms in total. The van der Waals surface area contributed by atoms with Crippen LogP contribution in [-0.4, -0.2) is 18.7 Å². The molecule has 0 aromatic heterocycles. The highest BCUT2D eigenvalue weighted by molar-refractivity contribution is 5.85. The Hall–Kier alpha value is -0.450. The van der Waals surface area contributed by atoms with Crippen LogP contribution in [0.15, 0.2) is 0 Å². The van der Waals surface area contributed by atoms with Gasteiger partial charge in [-0.1, -0.05) is 0 Å². The second kappa shape index (κ2) is 3.98. The molecule has 0 heterocycles. The average molecular weight is 204 g/mol. The van der Waals surface area contributed by atoms with Crippen LogP contribution in [0.3, 0.4) is 0 Å². The van der Waals surface area contributed by atoms with Crippen molar-refractivity contribution in [1.29, 1.82) is 5.41 Å². The van der Waals surface area contributed by atoms with Gasteiger partial charge in [-0.25, -0.2) is 0 Å². The Kier molecular flexibility index (Phi) is 3.83. The monoisotopic (exact) mass is 203 g/mol. The molecule has 0 aromatic carbocycles. The molecule has 0 bridgehead atoms. The van der Waals surface area contributed by atoms with E-state index < -0.39 is 12.8 Å². The summed E-state index contributed by atoms with van der Waals surface area (Å²) in [5.41, 5.74) is 0. The van der Waals surface area contributed by atoms with Gasteiger partial charge in [0.05, 0.1) is 0 Å². The summed E-state index contributed by atoms with van der Waals surface area (Å²) >= 11 is 0. The fourth-order valence-electron chi connectivity index (χ4n) is 0.623. The molecule has 0 spiro atoms. The van der Waals surface area contributed by atoms with Gasteiger partial charge in [-0.2, -0.15) is 13.2 Å². The van der Waals surface area contributed by atoms with Crippen LogP contribution in [0.1, 0.15) is 12.8 Å². The molecule has 0 aromatic rings. The molecule has 1 saturated carbocycles. The second-order valence-corrected chi connectivity index (χ2v) is 2.54. The fourth-order valence-corrected chi connectivity index (χ4v) is 0.623. The highest BCUT2D eigenvalue weighted by Gasteiger charge is 2.33. The predicted molar refractivity (Wildman–Crippen MR) is 39.7 cm³/mol. The summed E-state index contributed by atoms with van der Waals surface area (Å²) in [6.07, 6.45) is -2.74. The SMILES string of the molecule is Cl.N=C(OCC(F)(F)F)C1CC1. The summed E-state index contributed by atoms with van der Waals surface area (Å²) in [5.74, 6) is -0.264. The summed E-state index contributed by atoms with van der Waals surface area (Å²) in [7, 11) is 0. The van der Waals surface area contributed by atoms with Crippen LogP contribution < -0.4 is 0 Å². The van der Waals surface area contributed by atoms with E-state index in [0.717, 1.165) is 12.8 Å². The van der Waals surface area contributed by atoms with Crippen molar-refractivity contribution in [3.63, 3.8) is 0 Å². The lowest BCUT2D eigenvalue weighted by atomic mass is 10.4. The zero-order valence-electron chi connectivity index (χ0n) is 6.15. The van der Waals surface area contributed by atoms with E-state index in [1.807, 2.05) is 0 Å². The highest BCUT2D eigenvalue weighted by Crippen LogP contribution is 2.30. The first-order chi connectivity index (χ1) is 4.99. The second-order valence-electron chi connectivity index (χ2n) is 2.54. The maximum Gasteiger partial charge on any atom is 0.422 e. The number of ether oxygens (including phenoxy) is 1. The van der Waals surface area contributed by atoms with E-state index in [0.29, 0.717) is 0 Å². The van der Waals surface area contributed by atoms with E-state index in [-0.39, 0.29) is 24.2 Å². The molecule has 1 N–H and O–H groups in total. The van der Waals surface area contributed by atoms with Gasteiger partial charge in [0.25, 0.3) is 0 Å². The van der Waals surface area contributed by atoms with Gasteiger partial charge in [-0.3, -0.25) is 5.41 Å². The molecule has 1 aliphatic rings. The van der Waals surface area contributed by atoms with Crippen LogP contribution in [-0.2, 0) is 4.74 Å². The first-order valence-corrected chi connectivity index (χ1v) is 3.27. The lowest BCUT2D eigenvalue weighted by Gasteiger charge is -2.08. The molecule has 6 heteroatoms. The summed E-state index contributed by atoms with van der Waals surface area (Å²) in [4.78, 5) is 0. The van der Waals surface area contributed by atoms with Crippen LogP contribution >= 0.6 is 12.4 Å². The number of nitrogens with one attached hydrogen (secondary N) is 1. The Morgan fingerprint density at radius 3 is 2.25 bits per heavy atom. The van der Waals surface area contributed by atoms with E-state index in [1.54, 1.807) is 0 Å². The van der Waals surface area contributed by atoms with Gasteiger partial charge in [-0.05, 0) is 12.8 Å². The molecule has 1 fully saturated rings. The largest absolute Gasteiger partial charge is 0.471 e. The molecular weight excluding hydrogens is 195 g/mol. The normalized spacial score (nSPS) is 16.6. The number of hydrogen-bond donors (Lipinski definition) is 1. The van der Waals surface area contributed by atoms with Gasteiger partial charge in [-0.15, -0.1) is 12.4 Å². The quantitative estimate of drug-likeness (QED) is 0.543. The van der Waals surface area contributed by atoms with Gasteiger partial charge in [0.2, 0.25) is 0 Å². The molecule has 12 heavy (non-hydrogen) atoms. The van der Waals surface area contributed by atoms with Gasteiger partial charge in [0.1, 0.15) is 0 Å². The van der Waals surface area contributed by atoms with Crippen molar-refractivity contribution in [3.05, 3.63) is 0 Å². The molecule has 0 amide bonds. The minimum Gasteiger partial charge on any atom is -0.471 e. The lowest BCUT2D eigenvalue weighted by Crippen LogP contribution is -2.20. The van der Waals surface area contributed by atoms with Crippen LogP contribution in [0.5, 0.6) is 0 Å². The van der Waals surface area contributed by atoms with Gasteiger partial charge in [0, 0.05) is 5.92 Å². The molecule has 0 unspecified atom stereocenters. The third-order valence-electron chi connectivity index (χ3n) is 1.34. The minimum atomic E-state index is -4.32. The smallest absolute Gasteiger partial charge is 0.422 e. The number of halogens is 4. The molecule has 1 aliphatic carbocycles. The molecular formula is C6H9ClF3NO. The summed E-state index contributed by atoms with van der Waals surface area (Å²) in [6, 6.07) is 0. The maximum absolute atomic E-state index is 11.5. The number of rotatable bonds is 2. The Bertz CT molecular complexity index is 167. The number of hydrogen-bond acceptors (Lipinski definition) is 2.